The first-order chi connectivity index (χ1) is 19.8. The van der Waals surface area contributed by atoms with Crippen LogP contribution in [0.2, 0.25) is 0 Å². The number of ether oxygens (including phenoxy) is 1. The summed E-state index contributed by atoms with van der Waals surface area (Å²) >= 11 is 0. The average Bonchev–Trinajstić information content (AvgIpc) is 3.38. The number of pyridine rings is 1. The quantitative estimate of drug-likeness (QED) is 0.101. The van der Waals surface area contributed by atoms with Gasteiger partial charge in [0, 0.05) is 56.9 Å². The number of Topliss-reactive ketones (excluding diaryl/α,β-unsaturated/α-hetero) is 1. The number of alkyl halides is 3. The fourth-order valence-corrected chi connectivity index (χ4v) is 4.38. The summed E-state index contributed by atoms with van der Waals surface area (Å²) in [6.07, 6.45) is -0.772. The van der Waals surface area contributed by atoms with Crippen molar-refractivity contribution in [3.63, 3.8) is 0 Å². The molecule has 0 amide bonds. The average molecular weight is 567 g/mol. The molecule has 0 saturated carbocycles. The van der Waals surface area contributed by atoms with Gasteiger partial charge in [0.05, 0.1) is 31.1 Å². The molecule has 0 aliphatic rings. The standard InChI is InChI=1S/C31H33F3N4O3/c1-40-16-14-37(23-24-6-3-2-4-7-24)15-17-41-36-21-26-11-13-38-29(22-35-30(38)20-26)27-9-5-8-25(18-27)19-28(39)10-12-31(32,33)34/h2-9,11,13,18,20-22H,10,12,14-17,19,23H2,1H3/b36-21-. The lowest BCUT2D eigenvalue weighted by Gasteiger charge is -2.21. The Bertz CT molecular complexity index is 1440. The second kappa shape index (κ2) is 14.6. The number of rotatable bonds is 15. The largest absolute Gasteiger partial charge is 0.394 e. The molecule has 4 aromatic rings. The molecule has 0 atom stereocenters. The van der Waals surface area contributed by atoms with E-state index in [1.165, 1.54) is 5.56 Å². The van der Waals surface area contributed by atoms with Crippen LogP contribution in [-0.4, -0.2) is 65.9 Å². The Balaban J connectivity index is 1.33. The Morgan fingerprint density at radius 2 is 1.80 bits per heavy atom. The summed E-state index contributed by atoms with van der Waals surface area (Å²) in [6, 6.07) is 21.2. The Morgan fingerprint density at radius 1 is 1.02 bits per heavy atom. The molecular formula is C31H33F3N4O3. The van der Waals surface area contributed by atoms with Crippen LogP contribution in [0.15, 0.2) is 84.3 Å². The summed E-state index contributed by atoms with van der Waals surface area (Å²) in [5, 5.41) is 4.12. The topological polar surface area (TPSA) is 68.4 Å². The van der Waals surface area contributed by atoms with Gasteiger partial charge in [-0.15, -0.1) is 0 Å². The highest BCUT2D eigenvalue weighted by molar-refractivity contribution is 5.82. The van der Waals surface area contributed by atoms with E-state index in [1.807, 2.05) is 53.1 Å². The van der Waals surface area contributed by atoms with Gasteiger partial charge < -0.3 is 9.57 Å². The van der Waals surface area contributed by atoms with E-state index in [2.05, 4.69) is 27.2 Å². The minimum Gasteiger partial charge on any atom is -0.394 e. The van der Waals surface area contributed by atoms with Gasteiger partial charge in [0.2, 0.25) is 0 Å². The van der Waals surface area contributed by atoms with Crippen molar-refractivity contribution in [2.45, 2.75) is 32.0 Å². The number of methoxy groups -OCH3 is 1. The molecule has 10 heteroatoms. The van der Waals surface area contributed by atoms with E-state index >= 15 is 0 Å². The van der Waals surface area contributed by atoms with E-state index in [0.717, 1.165) is 29.9 Å². The van der Waals surface area contributed by atoms with Crippen LogP contribution in [0.25, 0.3) is 16.9 Å². The van der Waals surface area contributed by atoms with Crippen LogP contribution < -0.4 is 0 Å². The van der Waals surface area contributed by atoms with Gasteiger partial charge >= 0.3 is 6.18 Å². The zero-order valence-corrected chi connectivity index (χ0v) is 22.9. The number of aromatic nitrogens is 2. The van der Waals surface area contributed by atoms with Crippen LogP contribution in [0.5, 0.6) is 0 Å². The molecule has 216 valence electrons. The highest BCUT2D eigenvalue weighted by Crippen LogP contribution is 2.24. The van der Waals surface area contributed by atoms with E-state index < -0.39 is 24.8 Å². The van der Waals surface area contributed by atoms with Gasteiger partial charge in [0.25, 0.3) is 0 Å². The molecule has 2 aromatic carbocycles. The van der Waals surface area contributed by atoms with Crippen LogP contribution in [0.1, 0.15) is 29.5 Å². The van der Waals surface area contributed by atoms with Crippen LogP contribution >= 0.6 is 0 Å². The van der Waals surface area contributed by atoms with E-state index in [-0.39, 0.29) is 6.42 Å². The first-order valence-electron chi connectivity index (χ1n) is 13.4. The predicted octanol–water partition coefficient (Wildman–Crippen LogP) is 5.95. The van der Waals surface area contributed by atoms with E-state index in [0.29, 0.717) is 31.0 Å². The number of halogens is 3. The number of nitrogens with zero attached hydrogens (tertiary/aromatic N) is 4. The van der Waals surface area contributed by atoms with Gasteiger partial charge in [-0.25, -0.2) is 4.98 Å². The molecule has 0 radical (unpaired) electrons. The molecule has 0 saturated heterocycles. The number of carbonyl (C=O) groups is 1. The van der Waals surface area contributed by atoms with Crippen molar-refractivity contribution in [3.05, 3.63) is 95.8 Å². The zero-order valence-electron chi connectivity index (χ0n) is 22.9. The number of imidazole rings is 1. The maximum atomic E-state index is 12.4. The highest BCUT2D eigenvalue weighted by Gasteiger charge is 2.27. The number of carbonyl (C=O) groups excluding carboxylic acids is 1. The Kier molecular flexibility index (Phi) is 10.6. The minimum atomic E-state index is -4.34. The monoisotopic (exact) mass is 566 g/mol. The van der Waals surface area contributed by atoms with E-state index in [1.54, 1.807) is 31.7 Å². The maximum Gasteiger partial charge on any atom is 0.389 e. The zero-order chi connectivity index (χ0) is 29.1. The lowest BCUT2D eigenvalue weighted by molar-refractivity contribution is -0.143. The summed E-state index contributed by atoms with van der Waals surface area (Å²) in [5.41, 5.74) is 5.02. The minimum absolute atomic E-state index is 0.0440. The highest BCUT2D eigenvalue weighted by atomic mass is 19.4. The Labute approximate surface area is 237 Å². The van der Waals surface area contributed by atoms with Gasteiger partial charge in [-0.1, -0.05) is 53.7 Å². The number of ketones is 1. The van der Waals surface area contributed by atoms with Crippen molar-refractivity contribution >= 4 is 17.6 Å². The third-order valence-electron chi connectivity index (χ3n) is 6.48. The van der Waals surface area contributed by atoms with Crippen molar-refractivity contribution in [1.29, 1.82) is 0 Å². The molecule has 7 nitrogen and oxygen atoms in total. The van der Waals surface area contributed by atoms with Crippen LogP contribution in [0.3, 0.4) is 0 Å². The van der Waals surface area contributed by atoms with Crippen molar-refractivity contribution < 1.29 is 27.5 Å². The number of fused-ring (bicyclic) bond motifs is 1. The number of oxime groups is 1. The van der Waals surface area contributed by atoms with Crippen molar-refractivity contribution in [3.8, 4) is 11.3 Å². The van der Waals surface area contributed by atoms with Crippen LogP contribution in [-0.2, 0) is 27.3 Å². The molecule has 4 rings (SSSR count). The summed E-state index contributed by atoms with van der Waals surface area (Å²) in [5.74, 6) is -0.442. The molecule has 0 N–H and O–H groups in total. The van der Waals surface area contributed by atoms with Crippen LogP contribution in [0, 0.1) is 0 Å². The number of hydrogen-bond donors (Lipinski definition) is 0. The summed E-state index contributed by atoms with van der Waals surface area (Å²) < 4.78 is 44.4. The molecule has 0 aliphatic heterocycles. The van der Waals surface area contributed by atoms with E-state index in [9.17, 15) is 18.0 Å². The fraction of sp³-hybridized carbons (Fsp3) is 0.323. The summed E-state index contributed by atoms with van der Waals surface area (Å²) in [4.78, 5) is 24.3. The molecule has 41 heavy (non-hydrogen) atoms. The molecule has 2 aromatic heterocycles. The lowest BCUT2D eigenvalue weighted by Crippen LogP contribution is -2.30. The molecule has 0 spiro atoms. The third kappa shape index (κ3) is 9.54. The van der Waals surface area contributed by atoms with Crippen molar-refractivity contribution in [1.82, 2.24) is 14.3 Å². The Hall–Kier alpha value is -4.02. The molecule has 0 fully saturated rings. The molecule has 2 heterocycles. The normalized spacial score (nSPS) is 12.0. The molecule has 0 aliphatic carbocycles. The molecular weight excluding hydrogens is 533 g/mol. The third-order valence-corrected chi connectivity index (χ3v) is 6.48. The second-order valence-electron chi connectivity index (χ2n) is 9.69. The fourth-order valence-electron chi connectivity index (χ4n) is 4.38. The molecule has 0 unspecified atom stereocenters. The van der Waals surface area contributed by atoms with Crippen molar-refractivity contribution in [2.24, 2.45) is 5.16 Å². The number of benzene rings is 2. The SMILES string of the molecule is COCCN(CCO/N=C\c1ccn2c(-c3cccc(CC(=O)CCC(F)(F)F)c3)cnc2c1)Cc1ccccc1. The van der Waals surface area contributed by atoms with Crippen LogP contribution in [0.4, 0.5) is 13.2 Å². The number of hydrogen-bond acceptors (Lipinski definition) is 6. The van der Waals surface area contributed by atoms with Crippen molar-refractivity contribution in [2.75, 3.05) is 33.4 Å². The van der Waals surface area contributed by atoms with Gasteiger partial charge in [0.15, 0.2) is 0 Å². The summed E-state index contributed by atoms with van der Waals surface area (Å²) in [6.45, 7) is 3.35. The smallest absolute Gasteiger partial charge is 0.389 e. The lowest BCUT2D eigenvalue weighted by atomic mass is 10.0. The van der Waals surface area contributed by atoms with E-state index in [4.69, 9.17) is 9.57 Å². The predicted molar refractivity (Wildman–Crippen MR) is 152 cm³/mol. The van der Waals surface area contributed by atoms with Gasteiger partial charge in [0.1, 0.15) is 18.0 Å². The van der Waals surface area contributed by atoms with Gasteiger partial charge in [-0.3, -0.25) is 14.1 Å². The van der Waals surface area contributed by atoms with Gasteiger partial charge in [-0.05, 0) is 29.3 Å². The summed E-state index contributed by atoms with van der Waals surface area (Å²) in [7, 11) is 1.69. The molecule has 0 bridgehead atoms. The second-order valence-corrected chi connectivity index (χ2v) is 9.69. The first kappa shape index (κ1) is 30.0. The Morgan fingerprint density at radius 3 is 2.59 bits per heavy atom. The van der Waals surface area contributed by atoms with Gasteiger partial charge in [-0.2, -0.15) is 13.2 Å². The maximum absolute atomic E-state index is 12.4. The first-order valence-corrected chi connectivity index (χ1v) is 13.4.